The zero-order valence-electron chi connectivity index (χ0n) is 86.8. The molecule has 0 radical (unpaired) electrons. The minimum Gasteiger partial charge on any atom is -0.456 e. The molecule has 0 saturated carbocycles. The number of aryl methyl sites for hydroxylation is 6. The molecule has 8 heterocycles. The Labute approximate surface area is 856 Å². The fourth-order valence-corrected chi connectivity index (χ4v) is 22.3. The van der Waals surface area contributed by atoms with Crippen LogP contribution in [-0.2, 0) is 0 Å². The summed E-state index contributed by atoms with van der Waals surface area (Å²) in [4.78, 5) is 23.8. The first-order chi connectivity index (χ1) is 70.2. The Bertz CT molecular complexity index is 8340. The minimum absolute atomic E-state index is 0.240. The maximum atomic E-state index is 13.9. The fraction of sp³-hybridized carbons (Fsp3) is 0.205. The highest BCUT2D eigenvalue weighted by Crippen LogP contribution is 2.49. The van der Waals surface area contributed by atoms with E-state index in [4.69, 9.17) is 29.3 Å². The molecule has 0 unspecified atom stereocenters. The molecule has 0 aliphatic carbocycles. The zero-order chi connectivity index (χ0) is 101. The summed E-state index contributed by atoms with van der Waals surface area (Å²) in [5, 5.41) is 8.95. The molecule has 11 nitrogen and oxygen atoms in total. The lowest BCUT2D eigenvalue weighted by molar-refractivity contribution is 0.627. The molecular formula is C132H127FN10OS. The van der Waals surface area contributed by atoms with Gasteiger partial charge in [-0.25, -0.2) is 29.3 Å². The second-order valence-corrected chi connectivity index (χ2v) is 41.6. The monoisotopic (exact) mass is 1920 g/mol. The van der Waals surface area contributed by atoms with Crippen molar-refractivity contribution in [2.75, 3.05) is 0 Å². The minimum atomic E-state index is -0.240. The van der Waals surface area contributed by atoms with Crippen molar-refractivity contribution in [1.82, 2.24) is 47.6 Å². The van der Waals surface area contributed by atoms with Crippen LogP contribution in [0.4, 0.5) is 4.39 Å². The van der Waals surface area contributed by atoms with Gasteiger partial charge in [0.2, 0.25) is 0 Å². The first kappa shape index (κ1) is 98.1. The largest absolute Gasteiger partial charge is 0.456 e. The van der Waals surface area contributed by atoms with Gasteiger partial charge in [-0.05, 0) is 245 Å². The van der Waals surface area contributed by atoms with Crippen molar-refractivity contribution in [2.45, 2.75) is 180 Å². The van der Waals surface area contributed by atoms with Crippen molar-refractivity contribution in [1.29, 1.82) is 0 Å². The van der Waals surface area contributed by atoms with E-state index >= 15 is 0 Å². The van der Waals surface area contributed by atoms with E-state index in [1.165, 1.54) is 159 Å². The summed E-state index contributed by atoms with van der Waals surface area (Å²) in [7, 11) is 0. The Morgan fingerprint density at radius 3 is 1.19 bits per heavy atom. The van der Waals surface area contributed by atoms with E-state index in [0.717, 1.165) is 90.4 Å². The molecule has 13 heteroatoms. The van der Waals surface area contributed by atoms with Crippen molar-refractivity contribution in [3.8, 4) is 102 Å². The Morgan fingerprint density at radius 1 is 0.297 bits per heavy atom. The second kappa shape index (κ2) is 42.1. The highest BCUT2D eigenvalue weighted by molar-refractivity contribution is 7.26. The summed E-state index contributed by atoms with van der Waals surface area (Å²) in [6, 6.07) is 108. The number of furan rings is 1. The van der Waals surface area contributed by atoms with Crippen LogP contribution in [0.15, 0.2) is 370 Å². The molecule has 0 N–H and O–H groups in total. The van der Waals surface area contributed by atoms with Crippen molar-refractivity contribution < 1.29 is 8.81 Å². The lowest BCUT2D eigenvalue weighted by Gasteiger charge is -2.24. The number of hydrogen-bond donors (Lipinski definition) is 0. The Kier molecular flexibility index (Phi) is 28.5. The van der Waals surface area contributed by atoms with Gasteiger partial charge in [0.05, 0.1) is 34.0 Å². The van der Waals surface area contributed by atoms with Gasteiger partial charge in [0.25, 0.3) is 0 Å². The summed E-state index contributed by atoms with van der Waals surface area (Å²) in [6.07, 6.45) is 18.0. The van der Waals surface area contributed by atoms with Crippen molar-refractivity contribution in [3.63, 3.8) is 0 Å². The quantitative estimate of drug-likeness (QED) is 0.0793. The summed E-state index contributed by atoms with van der Waals surface area (Å²) >= 11 is 1.92. The molecule has 145 heavy (non-hydrogen) atoms. The summed E-state index contributed by atoms with van der Waals surface area (Å²) < 4.78 is 34.3. The predicted molar refractivity (Wildman–Crippen MR) is 610 cm³/mol. The molecule has 0 bridgehead atoms. The number of thiophene rings is 1. The van der Waals surface area contributed by atoms with Gasteiger partial charge >= 0.3 is 0 Å². The van der Waals surface area contributed by atoms with Crippen LogP contribution in [0.25, 0.3) is 171 Å². The third kappa shape index (κ3) is 19.3. The smallest absolute Gasteiger partial charge is 0.145 e. The van der Waals surface area contributed by atoms with E-state index in [-0.39, 0.29) is 5.82 Å². The highest BCUT2D eigenvalue weighted by Gasteiger charge is 2.30. The average molecular weight is 1920 g/mol. The Morgan fingerprint density at radius 2 is 0.703 bits per heavy atom. The Hall–Kier alpha value is -15.7. The van der Waals surface area contributed by atoms with Gasteiger partial charge in [0, 0.05) is 136 Å². The van der Waals surface area contributed by atoms with Crippen molar-refractivity contribution in [2.24, 2.45) is 0 Å². The van der Waals surface area contributed by atoms with Gasteiger partial charge in [-0.1, -0.05) is 334 Å². The van der Waals surface area contributed by atoms with E-state index in [9.17, 15) is 4.39 Å². The van der Waals surface area contributed by atoms with Crippen LogP contribution in [0.3, 0.4) is 0 Å². The molecule has 0 spiro atoms. The zero-order valence-corrected chi connectivity index (χ0v) is 87.7. The van der Waals surface area contributed by atoms with Gasteiger partial charge in [-0.15, -0.1) is 11.3 Å². The van der Waals surface area contributed by atoms with Crippen LogP contribution in [0.1, 0.15) is 211 Å². The van der Waals surface area contributed by atoms with Crippen LogP contribution >= 0.6 is 11.3 Å². The number of imidazole rings is 5. The first-order valence-electron chi connectivity index (χ1n) is 51.0. The number of benzene rings is 15. The molecule has 0 aliphatic heterocycles. The number of fused-ring (bicyclic) bond motifs is 12. The molecular weight excluding hydrogens is 1790 g/mol. The first-order valence-corrected chi connectivity index (χ1v) is 51.8. The standard InChI is InChI=1S/C31H27FN2.C28H28N2O.C28H28N2S.C28H30N2.C17H14N2/c1-21(2)25-19-28(23-10-6-4-7-11-23)30(29(20-25)24-12-8-5-9-13-24)34-17-16-33-31(34)27-15-14-26(32)18-22(27)3;2*1-17(2)22-16-23-21-12-8-9-13-24(21)31-27(23)25(18(3)4)26(22)30-15-14-29-28(30)20-11-7-6-10-19(20)5;1-19(2)25-17-23(22-12-7-6-8-13-22)18-26(20(3)4)27(25)30-16-15-29-28(30)24-14-10-9-11-21(24)5;1-11-6-5-8-14-13-7-3-4-9-15(13)19-10-12(2)18-17(19)16(11)14/h4-21H,1-3H3;2*6-18H,1-5H3;6-20H,1-5H3;3-10H,1-2H3. The molecule has 0 fully saturated rings. The van der Waals surface area contributed by atoms with Gasteiger partial charge in [-0.3, -0.25) is 22.7 Å². The number of para-hydroxylation sites is 2. The van der Waals surface area contributed by atoms with Crippen molar-refractivity contribution in [3.05, 3.63) is 443 Å². The van der Waals surface area contributed by atoms with E-state index < -0.39 is 0 Å². The number of pyridine rings is 1. The SMILES string of the molecule is Cc1cc(F)ccc1-c1nccn1-c1c(-c2ccccc2)cc(C(C)C)cc1-c1ccccc1.Cc1ccccc1-c1nccn1-c1c(C(C)C)cc(-c2ccccc2)cc1C(C)C.Cc1ccccc1-c1nccn1-c1c(C(C)C)cc2c(oc3ccccc32)c1C(C)C.Cc1ccccc1-c1nccn1-c1c(C(C)C)cc2c(sc3ccccc32)c1C(C)C.Cc1cn2c3ccccc3c3cccc(C)c3c2n1. The molecule has 15 aromatic carbocycles. The maximum Gasteiger partial charge on any atom is 0.145 e. The van der Waals surface area contributed by atoms with E-state index in [2.05, 4.69) is 445 Å². The van der Waals surface area contributed by atoms with Gasteiger partial charge in [0.1, 0.15) is 45.9 Å². The van der Waals surface area contributed by atoms with E-state index in [1.807, 2.05) is 80.4 Å². The molecule has 724 valence electrons. The second-order valence-electron chi connectivity index (χ2n) is 40.5. The van der Waals surface area contributed by atoms with Crippen LogP contribution in [0.5, 0.6) is 0 Å². The average Bonchev–Trinajstić information content (AvgIpc) is 1.56. The van der Waals surface area contributed by atoms with Crippen LogP contribution in [0.2, 0.25) is 0 Å². The van der Waals surface area contributed by atoms with Crippen LogP contribution in [0, 0.1) is 47.4 Å². The predicted octanol–water partition coefficient (Wildman–Crippen LogP) is 36.9. The van der Waals surface area contributed by atoms with E-state index in [1.54, 1.807) is 6.07 Å². The molecule has 8 aromatic heterocycles. The number of aromatic nitrogens is 10. The molecule has 23 rings (SSSR count). The molecule has 0 amide bonds. The van der Waals surface area contributed by atoms with Gasteiger partial charge < -0.3 is 4.42 Å². The van der Waals surface area contributed by atoms with Gasteiger partial charge in [0.15, 0.2) is 0 Å². The third-order valence-electron chi connectivity index (χ3n) is 28.2. The molecule has 0 atom stereocenters. The lowest BCUT2D eigenvalue weighted by Crippen LogP contribution is -2.09. The number of rotatable bonds is 18. The molecule has 0 saturated heterocycles. The van der Waals surface area contributed by atoms with Crippen LogP contribution in [-0.4, -0.2) is 47.6 Å². The number of nitrogens with zero attached hydrogens (tertiary/aromatic N) is 10. The van der Waals surface area contributed by atoms with Crippen LogP contribution < -0.4 is 0 Å². The highest BCUT2D eigenvalue weighted by atomic mass is 32.1. The van der Waals surface area contributed by atoms with Gasteiger partial charge in [-0.2, -0.15) is 0 Å². The fourth-order valence-electron chi connectivity index (χ4n) is 20.9. The third-order valence-corrected chi connectivity index (χ3v) is 29.4. The van der Waals surface area contributed by atoms with Crippen molar-refractivity contribution >= 4 is 80.8 Å². The summed E-state index contributed by atoms with van der Waals surface area (Å²) in [5.74, 6) is 6.17. The summed E-state index contributed by atoms with van der Waals surface area (Å²) in [6.45, 7) is 44.4. The number of hydrogen-bond acceptors (Lipinski definition) is 7. The normalized spacial score (nSPS) is 11.6. The number of halogens is 1. The molecule has 0 aliphatic rings. The molecule has 23 aromatic rings. The van der Waals surface area contributed by atoms with E-state index in [0.29, 0.717) is 41.4 Å². The topological polar surface area (TPSA) is 102 Å². The Balaban J connectivity index is 0.000000116. The lowest BCUT2D eigenvalue weighted by atomic mass is 9.88. The summed E-state index contributed by atoms with van der Waals surface area (Å²) in [5.41, 5.74) is 36.9. The maximum absolute atomic E-state index is 13.9.